The molecule has 0 aliphatic carbocycles. The van der Waals surface area contributed by atoms with E-state index in [-0.39, 0.29) is 11.6 Å². The molecule has 0 fully saturated rings. The minimum Gasteiger partial charge on any atom is -0.497 e. The third-order valence-corrected chi connectivity index (χ3v) is 3.87. The number of hydrogen-bond acceptors (Lipinski definition) is 5. The summed E-state index contributed by atoms with van der Waals surface area (Å²) in [7, 11) is 1.58. The third-order valence-electron chi connectivity index (χ3n) is 3.87. The van der Waals surface area contributed by atoms with Crippen molar-refractivity contribution < 1.29 is 14.5 Å². The number of benzene rings is 3. The molecule has 3 aromatic carbocycles. The van der Waals surface area contributed by atoms with Crippen molar-refractivity contribution in [1.82, 2.24) is 0 Å². The molecule has 3 rings (SSSR count). The lowest BCUT2D eigenvalue weighted by Crippen LogP contribution is -2.11. The SMILES string of the molecule is COc1ccc(NC(=O)c2ccc(Nc3ccccc3[N+](=O)[O-])cc2)cc1. The van der Waals surface area contributed by atoms with Crippen molar-refractivity contribution in [3.63, 3.8) is 0 Å². The first-order valence-corrected chi connectivity index (χ1v) is 8.13. The Hall–Kier alpha value is -3.87. The molecule has 7 heteroatoms. The van der Waals surface area contributed by atoms with Gasteiger partial charge in [0.2, 0.25) is 0 Å². The highest BCUT2D eigenvalue weighted by Gasteiger charge is 2.12. The molecule has 0 heterocycles. The van der Waals surface area contributed by atoms with Gasteiger partial charge in [-0.25, -0.2) is 0 Å². The third kappa shape index (κ3) is 4.40. The number of hydrogen-bond donors (Lipinski definition) is 2. The molecule has 3 aromatic rings. The number of rotatable bonds is 6. The number of anilines is 3. The summed E-state index contributed by atoms with van der Waals surface area (Å²) in [6.07, 6.45) is 0. The maximum atomic E-state index is 12.3. The Morgan fingerprint density at radius 3 is 2.19 bits per heavy atom. The van der Waals surface area contributed by atoms with Crippen LogP contribution in [0.3, 0.4) is 0 Å². The van der Waals surface area contributed by atoms with Crippen molar-refractivity contribution >= 4 is 28.7 Å². The van der Waals surface area contributed by atoms with Crippen molar-refractivity contribution in [2.45, 2.75) is 0 Å². The first kappa shape index (κ1) is 17.9. The molecule has 0 unspecified atom stereocenters. The van der Waals surface area contributed by atoms with Gasteiger partial charge in [0.1, 0.15) is 11.4 Å². The lowest BCUT2D eigenvalue weighted by Gasteiger charge is -2.09. The maximum Gasteiger partial charge on any atom is 0.292 e. The van der Waals surface area contributed by atoms with E-state index in [0.29, 0.717) is 28.4 Å². The van der Waals surface area contributed by atoms with Gasteiger partial charge in [-0.3, -0.25) is 14.9 Å². The van der Waals surface area contributed by atoms with Crippen LogP contribution in [0.5, 0.6) is 5.75 Å². The molecule has 7 nitrogen and oxygen atoms in total. The average Bonchev–Trinajstić information content (AvgIpc) is 2.69. The second-order valence-electron chi connectivity index (χ2n) is 5.66. The Kier molecular flexibility index (Phi) is 5.32. The summed E-state index contributed by atoms with van der Waals surface area (Å²) < 4.78 is 5.08. The molecular formula is C20H17N3O4. The van der Waals surface area contributed by atoms with E-state index in [4.69, 9.17) is 4.74 Å². The molecule has 2 N–H and O–H groups in total. The van der Waals surface area contributed by atoms with E-state index in [1.807, 2.05) is 0 Å². The fraction of sp³-hybridized carbons (Fsp3) is 0.0500. The van der Waals surface area contributed by atoms with Crippen LogP contribution in [0.15, 0.2) is 72.8 Å². The number of methoxy groups -OCH3 is 1. The summed E-state index contributed by atoms with van der Waals surface area (Å²) in [4.78, 5) is 23.0. The van der Waals surface area contributed by atoms with Crippen molar-refractivity contribution in [3.05, 3.63) is 88.5 Å². The van der Waals surface area contributed by atoms with Crippen LogP contribution in [0.25, 0.3) is 0 Å². The fourth-order valence-corrected chi connectivity index (χ4v) is 2.48. The molecule has 0 atom stereocenters. The predicted octanol–water partition coefficient (Wildman–Crippen LogP) is 4.60. The molecule has 0 radical (unpaired) electrons. The molecule has 0 spiro atoms. The summed E-state index contributed by atoms with van der Waals surface area (Å²) >= 11 is 0. The maximum absolute atomic E-state index is 12.3. The van der Waals surface area contributed by atoms with Gasteiger partial charge in [0, 0.05) is 23.0 Å². The van der Waals surface area contributed by atoms with Gasteiger partial charge in [0.25, 0.3) is 11.6 Å². The van der Waals surface area contributed by atoms with Crippen LogP contribution in [0.1, 0.15) is 10.4 Å². The van der Waals surface area contributed by atoms with Gasteiger partial charge < -0.3 is 15.4 Å². The highest BCUT2D eigenvalue weighted by atomic mass is 16.6. The summed E-state index contributed by atoms with van der Waals surface area (Å²) in [5.74, 6) is 0.454. The summed E-state index contributed by atoms with van der Waals surface area (Å²) in [5, 5.41) is 16.9. The monoisotopic (exact) mass is 363 g/mol. The van der Waals surface area contributed by atoms with Gasteiger partial charge in [-0.15, -0.1) is 0 Å². The number of carbonyl (C=O) groups excluding carboxylic acids is 1. The van der Waals surface area contributed by atoms with Crippen LogP contribution in [-0.4, -0.2) is 17.9 Å². The number of nitro groups is 1. The van der Waals surface area contributed by atoms with Gasteiger partial charge >= 0.3 is 0 Å². The number of amides is 1. The number of carbonyl (C=O) groups is 1. The Labute approximate surface area is 155 Å². The minimum atomic E-state index is -0.445. The largest absolute Gasteiger partial charge is 0.497 e. The van der Waals surface area contributed by atoms with Crippen LogP contribution >= 0.6 is 0 Å². The average molecular weight is 363 g/mol. The molecule has 0 aromatic heterocycles. The number of ether oxygens (including phenoxy) is 1. The van der Waals surface area contributed by atoms with Crippen molar-refractivity contribution in [3.8, 4) is 5.75 Å². The topological polar surface area (TPSA) is 93.5 Å². The Morgan fingerprint density at radius 2 is 1.56 bits per heavy atom. The Balaban J connectivity index is 1.69. The van der Waals surface area contributed by atoms with Gasteiger partial charge in [0.15, 0.2) is 0 Å². The zero-order chi connectivity index (χ0) is 19.2. The molecule has 0 bridgehead atoms. The van der Waals surface area contributed by atoms with Crippen molar-refractivity contribution in [2.24, 2.45) is 0 Å². The quantitative estimate of drug-likeness (QED) is 0.493. The van der Waals surface area contributed by atoms with Gasteiger partial charge in [-0.05, 0) is 54.6 Å². The van der Waals surface area contributed by atoms with E-state index in [1.165, 1.54) is 6.07 Å². The lowest BCUT2D eigenvalue weighted by atomic mass is 10.1. The minimum absolute atomic E-state index is 0.0150. The van der Waals surface area contributed by atoms with E-state index >= 15 is 0 Å². The summed E-state index contributed by atoms with van der Waals surface area (Å²) in [5.41, 5.74) is 2.14. The van der Waals surface area contributed by atoms with Gasteiger partial charge in [-0.1, -0.05) is 12.1 Å². The van der Waals surface area contributed by atoms with Crippen LogP contribution in [-0.2, 0) is 0 Å². The fourth-order valence-electron chi connectivity index (χ4n) is 2.48. The van der Waals surface area contributed by atoms with Gasteiger partial charge in [0.05, 0.1) is 12.0 Å². The predicted molar refractivity (Wildman–Crippen MR) is 104 cm³/mol. The van der Waals surface area contributed by atoms with Crippen LogP contribution in [0, 0.1) is 10.1 Å². The Morgan fingerprint density at radius 1 is 0.926 bits per heavy atom. The van der Waals surface area contributed by atoms with Crippen molar-refractivity contribution in [1.29, 1.82) is 0 Å². The van der Waals surface area contributed by atoms with Crippen LogP contribution < -0.4 is 15.4 Å². The van der Waals surface area contributed by atoms with Gasteiger partial charge in [-0.2, -0.15) is 0 Å². The molecule has 27 heavy (non-hydrogen) atoms. The standard InChI is InChI=1S/C20H17N3O4/c1-27-17-12-10-16(11-13-17)22-20(24)14-6-8-15(9-7-14)21-18-4-2-3-5-19(18)23(25)26/h2-13,21H,1H3,(H,22,24). The van der Waals surface area contributed by atoms with Crippen LogP contribution in [0.4, 0.5) is 22.7 Å². The first-order valence-electron chi connectivity index (χ1n) is 8.13. The summed E-state index contributed by atoms with van der Waals surface area (Å²) in [6.45, 7) is 0. The van der Waals surface area contributed by atoms with E-state index < -0.39 is 4.92 Å². The molecule has 1 amide bonds. The van der Waals surface area contributed by atoms with Crippen LogP contribution in [0.2, 0.25) is 0 Å². The van der Waals surface area contributed by atoms with Crippen molar-refractivity contribution in [2.75, 3.05) is 17.7 Å². The normalized spacial score (nSPS) is 10.1. The second kappa shape index (κ2) is 8.01. The first-order chi connectivity index (χ1) is 13.1. The number of nitrogens with zero attached hydrogens (tertiary/aromatic N) is 1. The highest BCUT2D eigenvalue weighted by Crippen LogP contribution is 2.27. The number of para-hydroxylation sites is 2. The molecule has 0 aliphatic rings. The zero-order valence-corrected chi connectivity index (χ0v) is 14.5. The number of nitro benzene ring substituents is 1. The smallest absolute Gasteiger partial charge is 0.292 e. The molecule has 0 saturated heterocycles. The molecule has 136 valence electrons. The van der Waals surface area contributed by atoms with E-state index in [0.717, 1.165) is 0 Å². The second-order valence-corrected chi connectivity index (χ2v) is 5.66. The number of nitrogens with one attached hydrogen (secondary N) is 2. The molecule has 0 aliphatic heterocycles. The van der Waals surface area contributed by atoms with E-state index in [9.17, 15) is 14.9 Å². The van der Waals surface area contributed by atoms with E-state index in [1.54, 1.807) is 73.8 Å². The molecule has 0 saturated carbocycles. The summed E-state index contributed by atoms with van der Waals surface area (Å²) in [6, 6.07) is 20.1. The Bertz CT molecular complexity index is 954. The zero-order valence-electron chi connectivity index (χ0n) is 14.5. The lowest BCUT2D eigenvalue weighted by molar-refractivity contribution is -0.383. The molecular weight excluding hydrogens is 346 g/mol. The van der Waals surface area contributed by atoms with E-state index in [2.05, 4.69) is 10.6 Å². The highest BCUT2D eigenvalue weighted by molar-refractivity contribution is 6.04.